The molecule has 0 radical (unpaired) electrons. The summed E-state index contributed by atoms with van der Waals surface area (Å²) in [6.07, 6.45) is -0.639. The SMILES string of the molecule is CC(O)c1nc2c(c(=O)n(CCCO)c(=O)n2C)n1Cc1ccc(Cl)cc1. The lowest BCUT2D eigenvalue weighted by Gasteiger charge is -2.12. The van der Waals surface area contributed by atoms with Crippen LogP contribution < -0.4 is 11.2 Å². The molecule has 0 saturated heterocycles. The first-order valence-corrected chi connectivity index (χ1v) is 8.96. The highest BCUT2D eigenvalue weighted by molar-refractivity contribution is 6.30. The fraction of sp³-hybridized carbons (Fsp3) is 0.389. The van der Waals surface area contributed by atoms with E-state index in [1.165, 1.54) is 11.6 Å². The molecule has 1 atom stereocenters. The predicted molar refractivity (Wildman–Crippen MR) is 102 cm³/mol. The monoisotopic (exact) mass is 392 g/mol. The van der Waals surface area contributed by atoms with Crippen molar-refractivity contribution in [2.24, 2.45) is 7.05 Å². The van der Waals surface area contributed by atoms with Gasteiger partial charge in [-0.3, -0.25) is 13.9 Å². The van der Waals surface area contributed by atoms with Crippen molar-refractivity contribution >= 4 is 22.8 Å². The summed E-state index contributed by atoms with van der Waals surface area (Å²) in [5.74, 6) is 0.298. The standard InChI is InChI=1S/C18H21ClN4O4/c1-11(25)15-20-16-14(23(15)10-12-4-6-13(19)7-5-12)17(26)22(8-3-9-24)18(27)21(16)2/h4-7,11,24-25H,3,8-10H2,1-2H3. The van der Waals surface area contributed by atoms with E-state index in [0.29, 0.717) is 17.4 Å². The summed E-state index contributed by atoms with van der Waals surface area (Å²) in [6, 6.07) is 7.14. The van der Waals surface area contributed by atoms with Crippen molar-refractivity contribution in [1.82, 2.24) is 18.7 Å². The van der Waals surface area contributed by atoms with Crippen LogP contribution in [0, 0.1) is 0 Å². The number of hydrogen-bond donors (Lipinski definition) is 2. The highest BCUT2D eigenvalue weighted by atomic mass is 35.5. The Balaban J connectivity index is 2.28. The maximum Gasteiger partial charge on any atom is 0.332 e. The van der Waals surface area contributed by atoms with Gasteiger partial charge in [-0.2, -0.15) is 0 Å². The van der Waals surface area contributed by atoms with Crippen LogP contribution in [-0.2, 0) is 20.1 Å². The zero-order chi connectivity index (χ0) is 19.7. The minimum atomic E-state index is -0.926. The summed E-state index contributed by atoms with van der Waals surface area (Å²) in [6.45, 7) is 1.83. The van der Waals surface area contributed by atoms with Gasteiger partial charge in [-0.1, -0.05) is 23.7 Å². The molecule has 27 heavy (non-hydrogen) atoms. The summed E-state index contributed by atoms with van der Waals surface area (Å²) in [5, 5.41) is 19.8. The Kier molecular flexibility index (Phi) is 5.50. The average Bonchev–Trinajstić information content (AvgIpc) is 3.01. The number of imidazole rings is 1. The number of aliphatic hydroxyl groups is 2. The first kappa shape index (κ1) is 19.3. The van der Waals surface area contributed by atoms with Crippen molar-refractivity contribution in [2.45, 2.75) is 32.5 Å². The molecular formula is C18H21ClN4O4. The van der Waals surface area contributed by atoms with Crippen LogP contribution in [0.4, 0.5) is 0 Å². The molecule has 2 N–H and O–H groups in total. The largest absolute Gasteiger partial charge is 0.396 e. The van der Waals surface area contributed by atoms with Crippen molar-refractivity contribution < 1.29 is 10.2 Å². The Hall–Kier alpha value is -2.42. The molecule has 144 valence electrons. The van der Waals surface area contributed by atoms with Gasteiger partial charge in [0.1, 0.15) is 11.9 Å². The van der Waals surface area contributed by atoms with Crippen LogP contribution in [0.25, 0.3) is 11.2 Å². The Morgan fingerprint density at radius 3 is 2.44 bits per heavy atom. The number of aliphatic hydroxyl groups excluding tert-OH is 2. The van der Waals surface area contributed by atoms with Crippen LogP contribution in [0.3, 0.4) is 0 Å². The van der Waals surface area contributed by atoms with E-state index >= 15 is 0 Å². The van der Waals surface area contributed by atoms with Gasteiger partial charge < -0.3 is 14.8 Å². The molecule has 0 amide bonds. The number of halogens is 1. The van der Waals surface area contributed by atoms with Crippen LogP contribution in [0.5, 0.6) is 0 Å². The van der Waals surface area contributed by atoms with Crippen LogP contribution in [-0.4, -0.2) is 35.5 Å². The molecule has 2 heterocycles. The van der Waals surface area contributed by atoms with Gasteiger partial charge in [-0.05, 0) is 31.0 Å². The Morgan fingerprint density at radius 2 is 1.85 bits per heavy atom. The molecule has 0 bridgehead atoms. The van der Waals surface area contributed by atoms with Gasteiger partial charge in [-0.15, -0.1) is 0 Å². The molecule has 0 fully saturated rings. The van der Waals surface area contributed by atoms with Gasteiger partial charge >= 0.3 is 5.69 Å². The molecule has 1 unspecified atom stereocenters. The second kappa shape index (κ2) is 7.67. The van der Waals surface area contributed by atoms with Gasteiger partial charge in [-0.25, -0.2) is 9.78 Å². The van der Waals surface area contributed by atoms with Gasteiger partial charge in [0.05, 0.1) is 0 Å². The molecule has 2 aromatic heterocycles. The second-order valence-electron chi connectivity index (χ2n) is 6.41. The maximum absolute atomic E-state index is 13.0. The van der Waals surface area contributed by atoms with E-state index < -0.39 is 17.4 Å². The third-order valence-corrected chi connectivity index (χ3v) is 4.68. The van der Waals surface area contributed by atoms with E-state index in [-0.39, 0.29) is 30.7 Å². The molecule has 9 heteroatoms. The average molecular weight is 393 g/mol. The summed E-state index contributed by atoms with van der Waals surface area (Å²) in [5.41, 5.74) is 0.330. The van der Waals surface area contributed by atoms with Gasteiger partial charge in [0.15, 0.2) is 11.2 Å². The zero-order valence-electron chi connectivity index (χ0n) is 15.1. The van der Waals surface area contributed by atoms with Crippen LogP contribution >= 0.6 is 11.6 Å². The zero-order valence-corrected chi connectivity index (χ0v) is 15.8. The third-order valence-electron chi connectivity index (χ3n) is 4.43. The van der Waals surface area contributed by atoms with E-state index in [1.54, 1.807) is 23.6 Å². The molecule has 3 aromatic rings. The molecule has 3 rings (SSSR count). The Morgan fingerprint density at radius 1 is 1.19 bits per heavy atom. The molecule has 8 nitrogen and oxygen atoms in total. The quantitative estimate of drug-likeness (QED) is 0.652. The van der Waals surface area contributed by atoms with Crippen molar-refractivity contribution in [3.63, 3.8) is 0 Å². The topological polar surface area (TPSA) is 102 Å². The molecule has 1 aromatic carbocycles. The lowest BCUT2D eigenvalue weighted by molar-refractivity contribution is 0.185. The Bertz CT molecular complexity index is 1080. The second-order valence-corrected chi connectivity index (χ2v) is 6.84. The first-order valence-electron chi connectivity index (χ1n) is 8.58. The van der Waals surface area contributed by atoms with E-state index in [1.807, 2.05) is 12.1 Å². The highest BCUT2D eigenvalue weighted by Gasteiger charge is 2.22. The predicted octanol–water partition coefficient (Wildman–Crippen LogP) is 1.03. The summed E-state index contributed by atoms with van der Waals surface area (Å²) >= 11 is 5.93. The van der Waals surface area contributed by atoms with E-state index in [0.717, 1.165) is 10.1 Å². The normalized spacial score (nSPS) is 12.6. The van der Waals surface area contributed by atoms with Crippen LogP contribution in [0.2, 0.25) is 5.02 Å². The van der Waals surface area contributed by atoms with E-state index in [9.17, 15) is 14.7 Å². The number of aromatic nitrogens is 4. The maximum atomic E-state index is 13.0. The fourth-order valence-corrected chi connectivity index (χ4v) is 3.19. The van der Waals surface area contributed by atoms with Crippen molar-refractivity contribution in [1.29, 1.82) is 0 Å². The van der Waals surface area contributed by atoms with E-state index in [2.05, 4.69) is 4.98 Å². The van der Waals surface area contributed by atoms with Gasteiger partial charge in [0.2, 0.25) is 0 Å². The highest BCUT2D eigenvalue weighted by Crippen LogP contribution is 2.20. The summed E-state index contributed by atoms with van der Waals surface area (Å²) < 4.78 is 4.00. The fourth-order valence-electron chi connectivity index (χ4n) is 3.07. The molecule has 0 aliphatic heterocycles. The van der Waals surface area contributed by atoms with Gasteiger partial charge in [0.25, 0.3) is 5.56 Å². The van der Waals surface area contributed by atoms with Gasteiger partial charge in [0, 0.05) is 31.8 Å². The van der Waals surface area contributed by atoms with Crippen LogP contribution in [0.1, 0.15) is 30.8 Å². The van der Waals surface area contributed by atoms with Crippen molar-refractivity contribution in [3.8, 4) is 0 Å². The van der Waals surface area contributed by atoms with E-state index in [4.69, 9.17) is 16.7 Å². The smallest absolute Gasteiger partial charge is 0.332 e. The summed E-state index contributed by atoms with van der Waals surface area (Å²) in [7, 11) is 1.53. The third kappa shape index (κ3) is 3.55. The molecule has 0 saturated carbocycles. The molecular weight excluding hydrogens is 372 g/mol. The number of hydrogen-bond acceptors (Lipinski definition) is 5. The minimum Gasteiger partial charge on any atom is -0.396 e. The van der Waals surface area contributed by atoms with Crippen LogP contribution in [0.15, 0.2) is 33.9 Å². The minimum absolute atomic E-state index is 0.105. The number of aryl methyl sites for hydroxylation is 1. The number of benzene rings is 1. The van der Waals surface area contributed by atoms with Crippen molar-refractivity contribution in [2.75, 3.05) is 6.61 Å². The Labute approximate surface area is 159 Å². The number of nitrogens with zero attached hydrogens (tertiary/aromatic N) is 4. The lowest BCUT2D eigenvalue weighted by Crippen LogP contribution is -2.40. The lowest BCUT2D eigenvalue weighted by atomic mass is 10.2. The molecule has 0 aliphatic carbocycles. The number of rotatable bonds is 6. The molecule has 0 spiro atoms. The number of fused-ring (bicyclic) bond motifs is 1. The summed E-state index contributed by atoms with van der Waals surface area (Å²) in [4.78, 5) is 29.9. The molecule has 0 aliphatic rings. The van der Waals surface area contributed by atoms with Crippen molar-refractivity contribution in [3.05, 3.63) is 61.5 Å². The first-order chi connectivity index (χ1) is 12.8.